The van der Waals surface area contributed by atoms with Gasteiger partial charge in [-0.1, -0.05) is 66.2 Å². The predicted octanol–water partition coefficient (Wildman–Crippen LogP) is 5.58. The lowest BCUT2D eigenvalue weighted by Gasteiger charge is -2.32. The fourth-order valence-electron chi connectivity index (χ4n) is 4.80. The zero-order valence-electron chi connectivity index (χ0n) is 21.8. The fraction of sp³-hybridized carbons (Fsp3) is 0.310. The molecule has 0 atom stereocenters. The molecule has 0 spiro atoms. The van der Waals surface area contributed by atoms with E-state index in [0.29, 0.717) is 16.1 Å². The summed E-state index contributed by atoms with van der Waals surface area (Å²) in [7, 11) is -0.771. The number of ether oxygens (including phenoxy) is 1. The van der Waals surface area contributed by atoms with Crippen LogP contribution in [0.2, 0.25) is 5.02 Å². The van der Waals surface area contributed by atoms with E-state index in [-0.39, 0.29) is 24.6 Å². The average Bonchev–Trinajstić information content (AvgIpc) is 3.31. The van der Waals surface area contributed by atoms with Gasteiger partial charge in [0, 0.05) is 24.2 Å². The highest BCUT2D eigenvalue weighted by Crippen LogP contribution is 2.44. The van der Waals surface area contributed by atoms with Gasteiger partial charge in [-0.25, -0.2) is 4.79 Å². The van der Waals surface area contributed by atoms with Gasteiger partial charge in [0.2, 0.25) is 0 Å². The molecule has 0 unspecified atom stereocenters. The van der Waals surface area contributed by atoms with E-state index < -0.39 is 24.4 Å². The average molecular weight is 533 g/mol. The van der Waals surface area contributed by atoms with Crippen LogP contribution in [0.4, 0.5) is 4.79 Å². The molecule has 1 aliphatic carbocycles. The number of halogens is 1. The van der Waals surface area contributed by atoms with Gasteiger partial charge in [0.25, 0.3) is 5.56 Å². The largest absolute Gasteiger partial charge is 0.492 e. The summed E-state index contributed by atoms with van der Waals surface area (Å²) in [6.07, 6.45) is 2.48. The Morgan fingerprint density at radius 3 is 2.24 bits per heavy atom. The second kappa shape index (κ2) is 10.1. The number of aromatic nitrogens is 1. The first-order chi connectivity index (χ1) is 18.1. The number of hydrogen-bond acceptors (Lipinski definition) is 5. The van der Waals surface area contributed by atoms with E-state index in [1.54, 1.807) is 12.1 Å². The predicted molar refractivity (Wildman–Crippen MR) is 149 cm³/mol. The molecule has 38 heavy (non-hydrogen) atoms. The summed E-state index contributed by atoms with van der Waals surface area (Å²) in [5.41, 5.74) is 3.98. The van der Waals surface area contributed by atoms with Crippen molar-refractivity contribution in [3.05, 3.63) is 98.3 Å². The molecule has 1 aromatic heterocycles. The normalized spacial score (nSPS) is 17.7. The van der Waals surface area contributed by atoms with Gasteiger partial charge >= 0.3 is 13.2 Å². The molecule has 0 radical (unpaired) electrons. The van der Waals surface area contributed by atoms with Crippen LogP contribution in [0.25, 0.3) is 17.2 Å². The molecule has 1 saturated heterocycles. The number of nitrogens with one attached hydrogen (secondary N) is 2. The highest BCUT2D eigenvalue weighted by Gasteiger charge is 2.52. The van der Waals surface area contributed by atoms with Crippen molar-refractivity contribution in [1.29, 1.82) is 0 Å². The van der Waals surface area contributed by atoms with E-state index in [1.165, 1.54) is 6.20 Å². The molecule has 1 amide bonds. The second-order valence-corrected chi connectivity index (χ2v) is 11.0. The number of benzene rings is 2. The maximum absolute atomic E-state index is 12.8. The van der Waals surface area contributed by atoms with Crippen molar-refractivity contribution in [2.24, 2.45) is 0 Å². The summed E-state index contributed by atoms with van der Waals surface area (Å²) in [4.78, 5) is 27.9. The molecule has 1 fully saturated rings. The fourth-order valence-corrected chi connectivity index (χ4v) is 4.97. The van der Waals surface area contributed by atoms with Crippen LogP contribution in [0.15, 0.2) is 71.1 Å². The summed E-state index contributed by atoms with van der Waals surface area (Å²) < 4.78 is 18.1. The number of carbonyl (C=O) groups excluding carboxylic acids is 1. The first kappa shape index (κ1) is 26.3. The molecule has 3 aromatic rings. The first-order valence-electron chi connectivity index (χ1n) is 12.6. The molecule has 2 heterocycles. The van der Waals surface area contributed by atoms with E-state index in [1.807, 2.05) is 52.0 Å². The van der Waals surface area contributed by atoms with Gasteiger partial charge in [-0.05, 0) is 61.5 Å². The quantitative estimate of drug-likeness (QED) is 0.405. The van der Waals surface area contributed by atoms with Crippen LogP contribution in [0, 0.1) is 0 Å². The smallest absolute Gasteiger partial charge is 0.449 e. The summed E-state index contributed by atoms with van der Waals surface area (Å²) in [5, 5.41) is 3.19. The second-order valence-electron chi connectivity index (χ2n) is 10.6. The minimum atomic E-state index is -0.771. The number of amides is 1. The number of carbonyl (C=O) groups is 1. The molecule has 0 bridgehead atoms. The molecule has 2 aromatic carbocycles. The van der Waals surface area contributed by atoms with Crippen LogP contribution in [-0.2, 0) is 14.0 Å². The van der Waals surface area contributed by atoms with Crippen molar-refractivity contribution in [1.82, 2.24) is 10.3 Å². The van der Waals surface area contributed by atoms with Gasteiger partial charge in [0.15, 0.2) is 0 Å². The van der Waals surface area contributed by atoms with Crippen LogP contribution in [-0.4, -0.2) is 42.5 Å². The van der Waals surface area contributed by atoms with Gasteiger partial charge < -0.3 is 24.3 Å². The van der Waals surface area contributed by atoms with Gasteiger partial charge in [-0.2, -0.15) is 0 Å². The minimum Gasteiger partial charge on any atom is -0.449 e. The summed E-state index contributed by atoms with van der Waals surface area (Å²) >= 11 is 6.10. The van der Waals surface area contributed by atoms with Crippen LogP contribution < -0.4 is 10.9 Å². The lowest BCUT2D eigenvalue weighted by molar-refractivity contribution is 0.00578. The molecular formula is C29H30BClN2O5. The van der Waals surface area contributed by atoms with E-state index in [9.17, 15) is 9.59 Å². The van der Waals surface area contributed by atoms with Crippen molar-refractivity contribution >= 4 is 30.9 Å². The first-order valence-corrected chi connectivity index (χ1v) is 13.0. The van der Waals surface area contributed by atoms with Crippen LogP contribution in [0.3, 0.4) is 0 Å². The Bertz CT molecular complexity index is 1400. The zero-order valence-corrected chi connectivity index (χ0v) is 22.6. The van der Waals surface area contributed by atoms with E-state index in [0.717, 1.165) is 22.3 Å². The minimum absolute atomic E-state index is 0.0451. The SMILES string of the molecule is CC1(C)OB(C(=Cc2cc(Cl)c[nH]c2=O)CNC(=O)OCC2c3ccccc3-c3ccccc32)OC1(C)C. The van der Waals surface area contributed by atoms with Gasteiger partial charge in [-0.15, -0.1) is 0 Å². The van der Waals surface area contributed by atoms with Gasteiger partial charge in [0.1, 0.15) is 6.61 Å². The monoisotopic (exact) mass is 532 g/mol. The third-order valence-corrected chi connectivity index (χ3v) is 7.79. The number of pyridine rings is 1. The molecule has 1 aliphatic heterocycles. The van der Waals surface area contributed by atoms with E-state index >= 15 is 0 Å². The van der Waals surface area contributed by atoms with Crippen molar-refractivity contribution in [2.75, 3.05) is 13.2 Å². The topological polar surface area (TPSA) is 89.7 Å². The van der Waals surface area contributed by atoms with Crippen molar-refractivity contribution in [3.8, 4) is 11.1 Å². The molecule has 7 nitrogen and oxygen atoms in total. The standard InChI is InChI=1S/C29H30BClN2O5/c1-28(2)29(3,4)38-30(37-28)19(13-18-14-20(31)16-32-26(18)34)15-33-27(35)36-17-25-23-11-7-5-9-21(23)22-10-6-8-12-24(22)25/h5-14,16,25H,15,17H2,1-4H3,(H,32,34)(H,33,35). The molecule has 5 rings (SSSR count). The van der Waals surface area contributed by atoms with Crippen molar-refractivity contribution in [2.45, 2.75) is 44.8 Å². The molecule has 2 N–H and O–H groups in total. The summed E-state index contributed by atoms with van der Waals surface area (Å²) in [6.45, 7) is 8.01. The number of hydrogen-bond donors (Lipinski definition) is 2. The Hall–Kier alpha value is -3.33. The number of H-pyrrole nitrogens is 1. The van der Waals surface area contributed by atoms with Gasteiger partial charge in [0.05, 0.1) is 16.2 Å². The Kier molecular flexibility index (Phi) is 6.98. The molecule has 9 heteroatoms. The molecular weight excluding hydrogens is 503 g/mol. The molecule has 2 aliphatic rings. The van der Waals surface area contributed by atoms with Gasteiger partial charge in [-0.3, -0.25) is 4.79 Å². The Morgan fingerprint density at radius 1 is 1.05 bits per heavy atom. The van der Waals surface area contributed by atoms with E-state index in [2.05, 4.69) is 34.6 Å². The molecule has 0 saturated carbocycles. The third kappa shape index (κ3) is 5.04. The Morgan fingerprint density at radius 2 is 1.63 bits per heavy atom. The number of alkyl carbamates (subject to hydrolysis) is 1. The number of aromatic amines is 1. The lowest BCUT2D eigenvalue weighted by Crippen LogP contribution is -2.41. The zero-order chi connectivity index (χ0) is 27.1. The van der Waals surface area contributed by atoms with E-state index in [4.69, 9.17) is 25.6 Å². The Labute approximate surface area is 227 Å². The van der Waals surface area contributed by atoms with Crippen molar-refractivity contribution < 1.29 is 18.8 Å². The van der Waals surface area contributed by atoms with Crippen molar-refractivity contribution in [3.63, 3.8) is 0 Å². The summed E-state index contributed by atoms with van der Waals surface area (Å²) in [5.74, 6) is -0.0451. The van der Waals surface area contributed by atoms with Crippen LogP contribution >= 0.6 is 11.6 Å². The lowest BCUT2D eigenvalue weighted by atomic mass is 9.77. The highest BCUT2D eigenvalue weighted by atomic mass is 35.5. The number of rotatable bonds is 6. The van der Waals surface area contributed by atoms with Crippen LogP contribution in [0.5, 0.6) is 0 Å². The highest BCUT2D eigenvalue weighted by molar-refractivity contribution is 6.56. The maximum Gasteiger partial charge on any atom is 0.492 e. The van der Waals surface area contributed by atoms with Crippen LogP contribution in [0.1, 0.15) is 50.3 Å². The third-order valence-electron chi connectivity index (χ3n) is 7.57. The maximum atomic E-state index is 12.8. The summed E-state index contributed by atoms with van der Waals surface area (Å²) in [6, 6.07) is 17.9. The Balaban J connectivity index is 1.32. The number of fused-ring (bicyclic) bond motifs is 3. The molecule has 196 valence electrons.